The highest BCUT2D eigenvalue weighted by Gasteiger charge is 2.17. The predicted molar refractivity (Wildman–Crippen MR) is 116 cm³/mol. The second kappa shape index (κ2) is 9.47. The number of hydrogen-bond donors (Lipinski definition) is 2. The number of hydrogen-bond acceptors (Lipinski definition) is 9. The first-order valence-electron chi connectivity index (χ1n) is 9.09. The Morgan fingerprint density at radius 2 is 2.17 bits per heavy atom. The van der Waals surface area contributed by atoms with Gasteiger partial charge in [0.15, 0.2) is 15.8 Å². The zero-order valence-electron chi connectivity index (χ0n) is 15.7. The van der Waals surface area contributed by atoms with Gasteiger partial charge in [-0.1, -0.05) is 35.2 Å². The molecule has 1 atom stereocenters. The number of benzene rings is 1. The van der Waals surface area contributed by atoms with Gasteiger partial charge in [-0.2, -0.15) is 0 Å². The Bertz CT molecular complexity index is 962. The first-order valence-corrected chi connectivity index (χ1v) is 11.8. The van der Waals surface area contributed by atoms with Gasteiger partial charge in [-0.3, -0.25) is 4.79 Å². The molecule has 29 heavy (non-hydrogen) atoms. The van der Waals surface area contributed by atoms with E-state index in [0.717, 1.165) is 33.7 Å². The molecule has 1 aliphatic heterocycles. The minimum Gasteiger partial charge on any atom is -0.454 e. The van der Waals surface area contributed by atoms with Crippen LogP contribution in [0.3, 0.4) is 0 Å². The van der Waals surface area contributed by atoms with Gasteiger partial charge in [-0.25, -0.2) is 0 Å². The van der Waals surface area contributed by atoms with Crippen LogP contribution < -0.4 is 20.1 Å². The predicted octanol–water partition coefficient (Wildman–Crippen LogP) is 3.95. The Morgan fingerprint density at radius 3 is 3.03 bits per heavy atom. The zero-order chi connectivity index (χ0) is 20.1. The van der Waals surface area contributed by atoms with Crippen LogP contribution in [0.4, 0.5) is 5.13 Å². The van der Waals surface area contributed by atoms with Crippen molar-refractivity contribution in [3.05, 3.63) is 46.2 Å². The molecule has 3 heterocycles. The van der Waals surface area contributed by atoms with E-state index in [2.05, 4.69) is 38.3 Å². The maximum atomic E-state index is 12.3. The summed E-state index contributed by atoms with van der Waals surface area (Å²) in [5, 5.41) is 17.4. The Balaban J connectivity index is 1.21. The summed E-state index contributed by atoms with van der Waals surface area (Å²) in [5.41, 5.74) is 0.973. The van der Waals surface area contributed by atoms with E-state index < -0.39 is 0 Å². The second-order valence-electron chi connectivity index (χ2n) is 6.32. The highest BCUT2D eigenvalue weighted by Crippen LogP contribution is 2.34. The topological polar surface area (TPSA) is 85.4 Å². The van der Waals surface area contributed by atoms with Crippen molar-refractivity contribution in [2.45, 2.75) is 23.7 Å². The maximum Gasteiger partial charge on any atom is 0.231 e. The molecule has 1 amide bonds. The van der Waals surface area contributed by atoms with Gasteiger partial charge >= 0.3 is 0 Å². The molecule has 4 rings (SSSR count). The summed E-state index contributed by atoms with van der Waals surface area (Å²) in [6.07, 6.45) is 0.958. The molecule has 1 aromatic carbocycles. The van der Waals surface area contributed by atoms with Crippen molar-refractivity contribution in [3.63, 3.8) is 0 Å². The van der Waals surface area contributed by atoms with E-state index in [9.17, 15) is 4.79 Å². The number of nitrogens with zero attached hydrogens (tertiary/aromatic N) is 2. The van der Waals surface area contributed by atoms with E-state index in [1.165, 1.54) is 28.0 Å². The average molecular weight is 449 g/mol. The Kier molecular flexibility index (Phi) is 6.53. The van der Waals surface area contributed by atoms with E-state index in [4.69, 9.17) is 9.47 Å². The third kappa shape index (κ3) is 5.40. The van der Waals surface area contributed by atoms with Crippen LogP contribution in [0.25, 0.3) is 0 Å². The molecule has 0 bridgehead atoms. The monoisotopic (exact) mass is 448 g/mol. The summed E-state index contributed by atoms with van der Waals surface area (Å²) in [6, 6.07) is 9.75. The molecular weight excluding hydrogens is 428 g/mol. The van der Waals surface area contributed by atoms with Crippen LogP contribution in [0.2, 0.25) is 0 Å². The number of amides is 1. The van der Waals surface area contributed by atoms with Crippen molar-refractivity contribution in [2.75, 3.05) is 24.4 Å². The lowest BCUT2D eigenvalue weighted by Crippen LogP contribution is -2.28. The molecule has 0 saturated heterocycles. The number of carbonyl (C=O) groups is 1. The number of anilines is 1. The lowest BCUT2D eigenvalue weighted by atomic mass is 10.1. The molecule has 2 N–H and O–H groups in total. The molecule has 1 aliphatic rings. The molecule has 3 aromatic rings. The number of carbonyl (C=O) groups excluding carboxylic acids is 1. The van der Waals surface area contributed by atoms with E-state index in [-0.39, 0.29) is 18.7 Å². The fraction of sp³-hybridized carbons (Fsp3) is 0.316. The first kappa shape index (κ1) is 20.0. The third-order valence-corrected chi connectivity index (χ3v) is 7.19. The van der Waals surface area contributed by atoms with Crippen LogP contribution in [0, 0.1) is 0 Å². The fourth-order valence-corrected chi connectivity index (χ4v) is 5.06. The molecule has 152 valence electrons. The second-order valence-corrected chi connectivity index (χ2v) is 9.55. The summed E-state index contributed by atoms with van der Waals surface area (Å²) in [6.45, 7) is 3.00. The van der Waals surface area contributed by atoms with Crippen molar-refractivity contribution >= 4 is 45.5 Å². The van der Waals surface area contributed by atoms with Gasteiger partial charge in [0.1, 0.15) is 0 Å². The smallest absolute Gasteiger partial charge is 0.231 e. The quantitative estimate of drug-likeness (QED) is 0.479. The zero-order valence-corrected chi connectivity index (χ0v) is 18.2. The molecule has 0 fully saturated rings. The van der Waals surface area contributed by atoms with Gasteiger partial charge in [0.25, 0.3) is 0 Å². The summed E-state index contributed by atoms with van der Waals surface area (Å²) in [4.78, 5) is 13.6. The number of rotatable bonds is 9. The Labute approximate surface area is 180 Å². The maximum absolute atomic E-state index is 12.3. The third-order valence-electron chi connectivity index (χ3n) is 4.24. The van der Waals surface area contributed by atoms with Crippen molar-refractivity contribution in [1.29, 1.82) is 0 Å². The van der Waals surface area contributed by atoms with Crippen molar-refractivity contribution in [1.82, 2.24) is 15.5 Å². The Hall–Kier alpha value is -2.30. The minimum absolute atomic E-state index is 0.0532. The highest BCUT2D eigenvalue weighted by molar-refractivity contribution is 8.01. The molecule has 0 radical (unpaired) electrons. The minimum atomic E-state index is -0.124. The molecule has 0 saturated carbocycles. The van der Waals surface area contributed by atoms with E-state index in [0.29, 0.717) is 11.5 Å². The SMILES string of the molecule is CC(NC(=O)CSc1nnc(NCCc2cccs2)s1)c1ccc2c(c1)OCO2. The summed E-state index contributed by atoms with van der Waals surface area (Å²) < 4.78 is 11.5. The fourth-order valence-electron chi connectivity index (χ4n) is 2.76. The van der Waals surface area contributed by atoms with Crippen LogP contribution in [0.15, 0.2) is 40.1 Å². The number of fused-ring (bicyclic) bond motifs is 1. The summed E-state index contributed by atoms with van der Waals surface area (Å²) in [5.74, 6) is 1.69. The van der Waals surface area contributed by atoms with Gasteiger partial charge in [0.05, 0.1) is 11.8 Å². The molecular formula is C19H20N4O3S3. The number of ether oxygens (including phenoxy) is 2. The van der Waals surface area contributed by atoms with Gasteiger partial charge in [-0.05, 0) is 42.5 Å². The van der Waals surface area contributed by atoms with Gasteiger partial charge in [0, 0.05) is 11.4 Å². The van der Waals surface area contributed by atoms with E-state index in [1.807, 2.05) is 25.1 Å². The van der Waals surface area contributed by atoms with E-state index in [1.54, 1.807) is 11.3 Å². The number of thiophene rings is 1. The van der Waals surface area contributed by atoms with Crippen molar-refractivity contribution < 1.29 is 14.3 Å². The Morgan fingerprint density at radius 1 is 1.28 bits per heavy atom. The number of thioether (sulfide) groups is 1. The molecule has 7 nitrogen and oxygen atoms in total. The van der Waals surface area contributed by atoms with Crippen molar-refractivity contribution in [2.24, 2.45) is 0 Å². The molecule has 10 heteroatoms. The van der Waals surface area contributed by atoms with Gasteiger partial charge < -0.3 is 20.1 Å². The number of aromatic nitrogens is 2. The standard InChI is InChI=1S/C19H20N4O3S3/c1-12(13-4-5-15-16(9-13)26-11-25-15)21-17(24)10-28-19-23-22-18(29-19)20-7-6-14-3-2-8-27-14/h2-5,8-9,12H,6-7,10-11H2,1H3,(H,20,22)(H,21,24). The van der Waals surface area contributed by atoms with Crippen LogP contribution in [-0.2, 0) is 11.2 Å². The van der Waals surface area contributed by atoms with Gasteiger partial charge in [-0.15, -0.1) is 21.5 Å². The number of nitrogens with one attached hydrogen (secondary N) is 2. The molecule has 0 spiro atoms. The summed E-state index contributed by atoms with van der Waals surface area (Å²) in [7, 11) is 0. The van der Waals surface area contributed by atoms with Crippen LogP contribution >= 0.6 is 34.4 Å². The lowest BCUT2D eigenvalue weighted by Gasteiger charge is -2.14. The van der Waals surface area contributed by atoms with Crippen LogP contribution in [0.1, 0.15) is 23.4 Å². The molecule has 1 unspecified atom stereocenters. The largest absolute Gasteiger partial charge is 0.454 e. The molecule has 2 aromatic heterocycles. The van der Waals surface area contributed by atoms with E-state index >= 15 is 0 Å². The van der Waals surface area contributed by atoms with Crippen molar-refractivity contribution in [3.8, 4) is 11.5 Å². The first-order chi connectivity index (χ1) is 14.2. The highest BCUT2D eigenvalue weighted by atomic mass is 32.2. The lowest BCUT2D eigenvalue weighted by molar-refractivity contribution is -0.119. The van der Waals surface area contributed by atoms with Gasteiger partial charge in [0.2, 0.25) is 17.8 Å². The van der Waals surface area contributed by atoms with Crippen LogP contribution in [0.5, 0.6) is 11.5 Å². The summed E-state index contributed by atoms with van der Waals surface area (Å²) >= 11 is 4.60. The normalized spacial score (nSPS) is 13.3. The molecule has 0 aliphatic carbocycles. The average Bonchev–Trinajstić information content (AvgIpc) is 3.47. The van der Waals surface area contributed by atoms with Crippen LogP contribution in [-0.4, -0.2) is 35.2 Å².